The van der Waals surface area contributed by atoms with E-state index < -0.39 is 0 Å². The molecule has 1 fully saturated rings. The second-order valence-electron chi connectivity index (χ2n) is 7.74. The molecule has 120 valence electrons. The number of nitrogens with zero attached hydrogens (tertiary/aromatic N) is 2. The van der Waals surface area contributed by atoms with Gasteiger partial charge in [-0.15, -0.1) is 11.3 Å². The average Bonchev–Trinajstić information content (AvgIpc) is 2.70. The lowest BCUT2D eigenvalue weighted by Crippen LogP contribution is -2.37. The van der Waals surface area contributed by atoms with Crippen LogP contribution in [0.25, 0.3) is 0 Å². The molecule has 1 aliphatic rings. The van der Waals surface area contributed by atoms with Gasteiger partial charge in [0.1, 0.15) is 0 Å². The lowest BCUT2D eigenvalue weighted by atomic mass is 9.91. The number of hydrogen-bond donors (Lipinski definition) is 1. The summed E-state index contributed by atoms with van der Waals surface area (Å²) in [7, 11) is 2.21. The molecule has 1 aromatic rings. The molecule has 0 aromatic carbocycles. The lowest BCUT2D eigenvalue weighted by molar-refractivity contribution is 0.400. The van der Waals surface area contributed by atoms with Gasteiger partial charge in [-0.3, -0.25) is 0 Å². The standard InChI is InChI=1S/C17H31N3S/c1-12(2)10-18-11-14-15(17(3,4)5)19-16(21-14)20(6)13-8-7-9-13/h12-13,18H,7-11H2,1-6H3. The van der Waals surface area contributed by atoms with Gasteiger partial charge in [0.2, 0.25) is 0 Å². The topological polar surface area (TPSA) is 28.2 Å². The first-order chi connectivity index (χ1) is 9.79. The Morgan fingerprint density at radius 2 is 2.00 bits per heavy atom. The van der Waals surface area contributed by atoms with E-state index in [4.69, 9.17) is 4.98 Å². The Morgan fingerprint density at radius 1 is 1.33 bits per heavy atom. The molecule has 1 saturated carbocycles. The van der Waals surface area contributed by atoms with Crippen LogP contribution in [0, 0.1) is 5.92 Å². The van der Waals surface area contributed by atoms with Gasteiger partial charge in [0.25, 0.3) is 0 Å². The quantitative estimate of drug-likeness (QED) is 0.854. The van der Waals surface area contributed by atoms with Crippen LogP contribution in [-0.4, -0.2) is 24.6 Å². The molecule has 0 radical (unpaired) electrons. The van der Waals surface area contributed by atoms with Crippen molar-refractivity contribution in [2.45, 2.75) is 71.9 Å². The van der Waals surface area contributed by atoms with Gasteiger partial charge in [0, 0.05) is 29.9 Å². The van der Waals surface area contributed by atoms with E-state index in [0.29, 0.717) is 12.0 Å². The average molecular weight is 310 g/mol. The predicted molar refractivity (Wildman–Crippen MR) is 93.4 cm³/mol. The molecule has 1 aliphatic carbocycles. The van der Waals surface area contributed by atoms with Crippen molar-refractivity contribution in [2.24, 2.45) is 5.92 Å². The van der Waals surface area contributed by atoms with Crippen LogP contribution in [0.5, 0.6) is 0 Å². The summed E-state index contributed by atoms with van der Waals surface area (Å²) in [6.45, 7) is 13.3. The SMILES string of the molecule is CC(C)CNCc1sc(N(C)C2CCC2)nc1C(C)(C)C. The highest BCUT2D eigenvalue weighted by atomic mass is 32.1. The molecule has 3 nitrogen and oxygen atoms in total. The van der Waals surface area contributed by atoms with Crippen molar-refractivity contribution in [3.8, 4) is 0 Å². The number of nitrogens with one attached hydrogen (secondary N) is 1. The molecule has 0 amide bonds. The van der Waals surface area contributed by atoms with E-state index >= 15 is 0 Å². The van der Waals surface area contributed by atoms with Crippen LogP contribution in [0.1, 0.15) is 64.5 Å². The van der Waals surface area contributed by atoms with Gasteiger partial charge in [-0.05, 0) is 31.7 Å². The van der Waals surface area contributed by atoms with Crippen molar-refractivity contribution in [3.05, 3.63) is 10.6 Å². The van der Waals surface area contributed by atoms with Crippen LogP contribution in [0.4, 0.5) is 5.13 Å². The summed E-state index contributed by atoms with van der Waals surface area (Å²) >= 11 is 1.88. The summed E-state index contributed by atoms with van der Waals surface area (Å²) in [4.78, 5) is 8.79. The van der Waals surface area contributed by atoms with Crippen molar-refractivity contribution in [1.29, 1.82) is 0 Å². The Hall–Kier alpha value is -0.610. The minimum atomic E-state index is 0.115. The maximum Gasteiger partial charge on any atom is 0.185 e. The van der Waals surface area contributed by atoms with Crippen molar-refractivity contribution in [1.82, 2.24) is 10.3 Å². The van der Waals surface area contributed by atoms with Gasteiger partial charge in [-0.2, -0.15) is 0 Å². The molecular weight excluding hydrogens is 278 g/mol. The normalized spacial score (nSPS) is 16.3. The molecule has 21 heavy (non-hydrogen) atoms. The fraction of sp³-hybridized carbons (Fsp3) is 0.824. The first-order valence-electron chi connectivity index (χ1n) is 8.22. The molecule has 0 saturated heterocycles. The van der Waals surface area contributed by atoms with Crippen LogP contribution in [-0.2, 0) is 12.0 Å². The number of rotatable bonds is 6. The monoisotopic (exact) mass is 309 g/mol. The Labute approximate surface area is 134 Å². The van der Waals surface area contributed by atoms with Crippen molar-refractivity contribution < 1.29 is 0 Å². The number of thiazole rings is 1. The van der Waals surface area contributed by atoms with E-state index in [1.165, 1.54) is 35.0 Å². The van der Waals surface area contributed by atoms with Crippen molar-refractivity contribution in [3.63, 3.8) is 0 Å². The Balaban J connectivity index is 2.14. The minimum absolute atomic E-state index is 0.115. The summed E-state index contributed by atoms with van der Waals surface area (Å²) in [5.41, 5.74) is 1.38. The summed E-state index contributed by atoms with van der Waals surface area (Å²) in [6, 6.07) is 0.709. The molecule has 0 unspecified atom stereocenters. The third-order valence-electron chi connectivity index (χ3n) is 4.16. The third-order valence-corrected chi connectivity index (χ3v) is 5.30. The second kappa shape index (κ2) is 6.66. The van der Waals surface area contributed by atoms with Gasteiger partial charge in [0.05, 0.1) is 5.69 Å². The minimum Gasteiger partial charge on any atom is -0.348 e. The first kappa shape index (κ1) is 16.8. The van der Waals surface area contributed by atoms with Crippen molar-refractivity contribution >= 4 is 16.5 Å². The van der Waals surface area contributed by atoms with Gasteiger partial charge in [0.15, 0.2) is 5.13 Å². The van der Waals surface area contributed by atoms with Crippen LogP contribution in [0.2, 0.25) is 0 Å². The molecule has 0 spiro atoms. The Kier molecular flexibility index (Phi) is 5.31. The van der Waals surface area contributed by atoms with E-state index in [9.17, 15) is 0 Å². The summed E-state index contributed by atoms with van der Waals surface area (Å²) in [5.74, 6) is 0.688. The molecule has 1 N–H and O–H groups in total. The maximum absolute atomic E-state index is 4.99. The van der Waals surface area contributed by atoms with Gasteiger partial charge >= 0.3 is 0 Å². The fourth-order valence-corrected chi connectivity index (χ4v) is 3.87. The smallest absolute Gasteiger partial charge is 0.185 e. The highest BCUT2D eigenvalue weighted by Gasteiger charge is 2.28. The highest BCUT2D eigenvalue weighted by molar-refractivity contribution is 7.15. The van der Waals surface area contributed by atoms with Crippen molar-refractivity contribution in [2.75, 3.05) is 18.5 Å². The summed E-state index contributed by atoms with van der Waals surface area (Å²) in [5, 5.41) is 4.77. The predicted octanol–water partition coefficient (Wildman–Crippen LogP) is 4.17. The second-order valence-corrected chi connectivity index (χ2v) is 8.80. The zero-order chi connectivity index (χ0) is 15.6. The van der Waals surface area contributed by atoms with E-state index in [1.54, 1.807) is 0 Å². The zero-order valence-electron chi connectivity index (χ0n) is 14.5. The van der Waals surface area contributed by atoms with Crippen LogP contribution in [0.15, 0.2) is 0 Å². The van der Waals surface area contributed by atoms with Crippen LogP contribution < -0.4 is 10.2 Å². The number of hydrogen-bond acceptors (Lipinski definition) is 4. The molecule has 0 bridgehead atoms. The molecule has 4 heteroatoms. The molecule has 1 heterocycles. The number of aromatic nitrogens is 1. The van der Waals surface area contributed by atoms with Gasteiger partial charge in [-0.1, -0.05) is 34.6 Å². The largest absolute Gasteiger partial charge is 0.348 e. The summed E-state index contributed by atoms with van der Waals surface area (Å²) < 4.78 is 0. The van der Waals surface area contributed by atoms with Gasteiger partial charge < -0.3 is 10.2 Å². The van der Waals surface area contributed by atoms with Gasteiger partial charge in [-0.25, -0.2) is 4.98 Å². The molecule has 0 atom stereocenters. The number of anilines is 1. The first-order valence-corrected chi connectivity index (χ1v) is 9.04. The molecular formula is C17H31N3S. The van der Waals surface area contributed by atoms with Crippen LogP contribution >= 0.6 is 11.3 Å². The van der Waals surface area contributed by atoms with E-state index in [2.05, 4.69) is 51.9 Å². The maximum atomic E-state index is 4.99. The highest BCUT2D eigenvalue weighted by Crippen LogP contribution is 2.36. The van der Waals surface area contributed by atoms with E-state index in [-0.39, 0.29) is 5.41 Å². The Bertz CT molecular complexity index is 455. The zero-order valence-corrected chi connectivity index (χ0v) is 15.3. The molecule has 0 aliphatic heterocycles. The van der Waals surface area contributed by atoms with E-state index in [0.717, 1.165) is 13.1 Å². The Morgan fingerprint density at radius 3 is 2.48 bits per heavy atom. The molecule has 2 rings (SSSR count). The molecule has 1 aromatic heterocycles. The lowest BCUT2D eigenvalue weighted by Gasteiger charge is -2.34. The third kappa shape index (κ3) is 4.19. The fourth-order valence-electron chi connectivity index (χ4n) is 2.60. The van der Waals surface area contributed by atoms with Crippen LogP contribution in [0.3, 0.4) is 0 Å². The summed E-state index contributed by atoms with van der Waals surface area (Å²) in [6.07, 6.45) is 4.01. The van der Waals surface area contributed by atoms with E-state index in [1.807, 2.05) is 11.3 Å².